The Morgan fingerprint density at radius 3 is 2.67 bits per heavy atom. The first-order valence-corrected chi connectivity index (χ1v) is 3.31. The fraction of sp³-hybridized carbons (Fsp3) is 1.00. The zero-order valence-corrected chi connectivity index (χ0v) is 6.05. The zero-order valence-electron chi connectivity index (χ0n) is 6.05. The lowest BCUT2D eigenvalue weighted by molar-refractivity contribution is 0.515. The molecule has 0 aromatic rings. The third-order valence-corrected chi connectivity index (χ3v) is 1.47. The molecule has 9 heavy (non-hydrogen) atoms. The van der Waals surface area contributed by atoms with Crippen LogP contribution in [0.2, 0.25) is 0 Å². The number of hydrogen-bond donors (Lipinski definition) is 1. The summed E-state index contributed by atoms with van der Waals surface area (Å²) < 4.78 is 0. The van der Waals surface area contributed by atoms with Crippen molar-refractivity contribution in [2.45, 2.75) is 25.8 Å². The van der Waals surface area contributed by atoms with Crippen molar-refractivity contribution >= 4 is 0 Å². The highest BCUT2D eigenvalue weighted by atomic mass is 16.3. The van der Waals surface area contributed by atoms with Crippen molar-refractivity contribution in [2.75, 3.05) is 13.6 Å². The number of nitroso groups, excluding NO2 is 1. The second kappa shape index (κ2) is 5.69. The molecule has 0 bridgehead atoms. The highest BCUT2D eigenvalue weighted by molar-refractivity contribution is 4.62. The number of hydrogen-bond acceptors (Lipinski definition) is 3. The van der Waals surface area contributed by atoms with Crippen molar-refractivity contribution in [2.24, 2.45) is 5.18 Å². The fourth-order valence-electron chi connectivity index (χ4n) is 0.761. The summed E-state index contributed by atoms with van der Waals surface area (Å²) in [6.07, 6.45) is 1.92. The minimum absolute atomic E-state index is 0.430. The number of nitrogens with zero attached hydrogens (tertiary/aromatic N) is 1. The van der Waals surface area contributed by atoms with Crippen LogP contribution in [-0.2, 0) is 0 Å². The normalized spacial score (nSPS) is 13.1. The Morgan fingerprint density at radius 1 is 1.67 bits per heavy atom. The molecule has 0 radical (unpaired) electrons. The molecule has 0 aromatic carbocycles. The van der Waals surface area contributed by atoms with Crippen molar-refractivity contribution in [3.63, 3.8) is 0 Å². The smallest absolute Gasteiger partial charge is 0.0826 e. The molecule has 3 heteroatoms. The molecule has 0 rings (SSSR count). The van der Waals surface area contributed by atoms with E-state index in [4.69, 9.17) is 0 Å². The average molecular weight is 130 g/mol. The van der Waals surface area contributed by atoms with Crippen molar-refractivity contribution in [1.82, 2.24) is 5.32 Å². The Balaban J connectivity index is 3.19. The monoisotopic (exact) mass is 130 g/mol. The van der Waals surface area contributed by atoms with Gasteiger partial charge in [0, 0.05) is 6.04 Å². The molecule has 0 aliphatic rings. The number of rotatable bonds is 5. The Morgan fingerprint density at radius 2 is 2.33 bits per heavy atom. The molecule has 0 saturated heterocycles. The Bertz CT molecular complexity index is 71.5. The first kappa shape index (κ1) is 8.56. The maximum absolute atomic E-state index is 9.66. The van der Waals surface area contributed by atoms with Gasteiger partial charge in [0.25, 0.3) is 0 Å². The Labute approximate surface area is 55.8 Å². The minimum Gasteiger partial charge on any atom is -0.317 e. The van der Waals surface area contributed by atoms with Crippen molar-refractivity contribution < 1.29 is 0 Å². The van der Waals surface area contributed by atoms with Gasteiger partial charge in [0.1, 0.15) is 0 Å². The van der Waals surface area contributed by atoms with Crippen molar-refractivity contribution in [3.8, 4) is 0 Å². The van der Waals surface area contributed by atoms with E-state index >= 15 is 0 Å². The van der Waals surface area contributed by atoms with Gasteiger partial charge in [-0.1, -0.05) is 12.1 Å². The molecule has 1 unspecified atom stereocenters. The van der Waals surface area contributed by atoms with Crippen LogP contribution in [0.4, 0.5) is 0 Å². The largest absolute Gasteiger partial charge is 0.317 e. The molecule has 0 saturated carbocycles. The van der Waals surface area contributed by atoms with E-state index in [1.807, 2.05) is 7.05 Å². The van der Waals surface area contributed by atoms with E-state index in [0.29, 0.717) is 12.6 Å². The predicted octanol–water partition coefficient (Wildman–Crippen LogP) is 1.14. The third-order valence-electron chi connectivity index (χ3n) is 1.47. The van der Waals surface area contributed by atoms with Gasteiger partial charge in [-0.15, -0.1) is 0 Å². The van der Waals surface area contributed by atoms with Gasteiger partial charge in [0.05, 0.1) is 6.54 Å². The van der Waals surface area contributed by atoms with Crippen molar-refractivity contribution in [3.05, 3.63) is 4.91 Å². The summed E-state index contributed by atoms with van der Waals surface area (Å²) in [6, 6.07) is 0.461. The van der Waals surface area contributed by atoms with Crippen LogP contribution < -0.4 is 5.32 Å². The van der Waals surface area contributed by atoms with Gasteiger partial charge in [-0.3, -0.25) is 0 Å². The molecular weight excluding hydrogens is 116 g/mol. The summed E-state index contributed by atoms with van der Waals surface area (Å²) in [4.78, 5) is 9.66. The van der Waals surface area contributed by atoms with Crippen LogP contribution in [0.3, 0.4) is 0 Å². The van der Waals surface area contributed by atoms with E-state index < -0.39 is 0 Å². The van der Waals surface area contributed by atoms with Gasteiger partial charge in [-0.05, 0) is 19.9 Å². The van der Waals surface area contributed by atoms with Gasteiger partial charge >= 0.3 is 0 Å². The Kier molecular flexibility index (Phi) is 5.41. The SMILES string of the molecule is CCC(CCN=O)NC. The van der Waals surface area contributed by atoms with E-state index in [1.165, 1.54) is 0 Å². The van der Waals surface area contributed by atoms with E-state index in [0.717, 1.165) is 12.8 Å². The average Bonchev–Trinajstić information content (AvgIpc) is 1.91. The molecule has 54 valence electrons. The van der Waals surface area contributed by atoms with Crippen molar-refractivity contribution in [1.29, 1.82) is 0 Å². The fourth-order valence-corrected chi connectivity index (χ4v) is 0.761. The summed E-state index contributed by atoms with van der Waals surface area (Å²) in [5.41, 5.74) is 0. The van der Waals surface area contributed by atoms with Crippen LogP contribution >= 0.6 is 0 Å². The molecular formula is C6H14N2O. The molecule has 3 nitrogen and oxygen atoms in total. The van der Waals surface area contributed by atoms with Gasteiger partial charge in [0.15, 0.2) is 0 Å². The molecule has 1 N–H and O–H groups in total. The van der Waals surface area contributed by atoms with Crippen LogP contribution in [0.15, 0.2) is 5.18 Å². The summed E-state index contributed by atoms with van der Waals surface area (Å²) in [5, 5.41) is 5.87. The molecule has 0 spiro atoms. The lowest BCUT2D eigenvalue weighted by Crippen LogP contribution is -2.24. The van der Waals surface area contributed by atoms with Gasteiger partial charge < -0.3 is 5.32 Å². The lowest BCUT2D eigenvalue weighted by atomic mass is 10.1. The Hall–Kier alpha value is -0.440. The molecule has 0 fully saturated rings. The molecule has 0 heterocycles. The predicted molar refractivity (Wildman–Crippen MR) is 38.4 cm³/mol. The van der Waals surface area contributed by atoms with Crippen LogP contribution in [0.25, 0.3) is 0 Å². The quantitative estimate of drug-likeness (QED) is 0.567. The maximum atomic E-state index is 9.66. The van der Waals surface area contributed by atoms with Crippen LogP contribution in [0.5, 0.6) is 0 Å². The molecule has 1 atom stereocenters. The third kappa shape index (κ3) is 4.09. The zero-order chi connectivity index (χ0) is 7.11. The second-order valence-corrected chi connectivity index (χ2v) is 2.04. The molecule has 0 amide bonds. The van der Waals surface area contributed by atoms with E-state index in [9.17, 15) is 4.91 Å². The van der Waals surface area contributed by atoms with E-state index in [2.05, 4.69) is 17.4 Å². The van der Waals surface area contributed by atoms with Gasteiger partial charge in [-0.2, -0.15) is 4.91 Å². The standard InChI is InChI=1S/C6H14N2O/c1-3-6(7-2)4-5-8-9/h6-7H,3-5H2,1-2H3. The second-order valence-electron chi connectivity index (χ2n) is 2.04. The van der Waals surface area contributed by atoms with Crippen LogP contribution in [-0.4, -0.2) is 19.6 Å². The highest BCUT2D eigenvalue weighted by Gasteiger charge is 2.00. The topological polar surface area (TPSA) is 41.5 Å². The molecule has 0 aliphatic heterocycles. The summed E-state index contributed by atoms with van der Waals surface area (Å²) in [6.45, 7) is 2.52. The molecule has 0 aliphatic carbocycles. The summed E-state index contributed by atoms with van der Waals surface area (Å²) in [5.74, 6) is 0. The lowest BCUT2D eigenvalue weighted by Gasteiger charge is -2.09. The van der Waals surface area contributed by atoms with E-state index in [1.54, 1.807) is 0 Å². The van der Waals surface area contributed by atoms with Gasteiger partial charge in [-0.25, -0.2) is 0 Å². The summed E-state index contributed by atoms with van der Waals surface area (Å²) in [7, 11) is 1.90. The highest BCUT2D eigenvalue weighted by Crippen LogP contribution is 1.95. The van der Waals surface area contributed by atoms with Gasteiger partial charge in [0.2, 0.25) is 0 Å². The maximum Gasteiger partial charge on any atom is 0.0826 e. The van der Waals surface area contributed by atoms with E-state index in [-0.39, 0.29) is 0 Å². The van der Waals surface area contributed by atoms with Crippen LogP contribution in [0, 0.1) is 4.91 Å². The minimum atomic E-state index is 0.430. The first-order valence-electron chi connectivity index (χ1n) is 3.31. The molecule has 0 aromatic heterocycles. The van der Waals surface area contributed by atoms with Crippen LogP contribution in [0.1, 0.15) is 19.8 Å². The summed E-state index contributed by atoms with van der Waals surface area (Å²) >= 11 is 0. The first-order chi connectivity index (χ1) is 4.35. The number of nitrogens with one attached hydrogen (secondary N) is 1.